The number of rotatable bonds is 9. The first-order valence-corrected chi connectivity index (χ1v) is 7.04. The van der Waals surface area contributed by atoms with E-state index in [4.69, 9.17) is 4.74 Å². The molecule has 0 atom stereocenters. The number of benzene rings is 1. The Labute approximate surface area is 116 Å². The summed E-state index contributed by atoms with van der Waals surface area (Å²) >= 11 is 0. The third-order valence-corrected chi connectivity index (χ3v) is 3.24. The fraction of sp³-hybridized carbons (Fsp3) is 0.562. The van der Waals surface area contributed by atoms with Gasteiger partial charge in [0.2, 0.25) is 0 Å². The van der Waals surface area contributed by atoms with E-state index >= 15 is 0 Å². The largest absolute Gasteiger partial charge is 0.383 e. The second-order valence-electron chi connectivity index (χ2n) is 4.73. The highest BCUT2D eigenvalue weighted by atomic mass is 16.5. The maximum atomic E-state index is 12.2. The van der Waals surface area contributed by atoms with Crippen molar-refractivity contribution in [2.24, 2.45) is 0 Å². The van der Waals surface area contributed by atoms with Crippen molar-refractivity contribution in [3.8, 4) is 0 Å². The molecule has 0 heterocycles. The Morgan fingerprint density at radius 1 is 1.21 bits per heavy atom. The molecule has 0 fully saturated rings. The molecule has 0 bridgehead atoms. The van der Waals surface area contributed by atoms with Gasteiger partial charge in [-0.15, -0.1) is 0 Å². The van der Waals surface area contributed by atoms with Gasteiger partial charge in [-0.1, -0.05) is 44.5 Å². The van der Waals surface area contributed by atoms with Crippen LogP contribution in [0.4, 0.5) is 0 Å². The molecule has 19 heavy (non-hydrogen) atoms. The maximum Gasteiger partial charge on any atom is 0.176 e. The van der Waals surface area contributed by atoms with Crippen LogP contribution < -0.4 is 0 Å². The zero-order chi connectivity index (χ0) is 14.1. The van der Waals surface area contributed by atoms with Crippen LogP contribution in [0.1, 0.15) is 36.2 Å². The SMILES string of the molecule is CCCc1ccc(C(=O)CN(CC)CCOC)cc1. The number of nitrogens with zero attached hydrogens (tertiary/aromatic N) is 1. The molecule has 0 amide bonds. The maximum absolute atomic E-state index is 12.2. The van der Waals surface area contributed by atoms with Crippen molar-refractivity contribution in [1.29, 1.82) is 0 Å². The molecule has 0 aliphatic rings. The molecule has 0 radical (unpaired) electrons. The van der Waals surface area contributed by atoms with Gasteiger partial charge in [-0.25, -0.2) is 0 Å². The minimum absolute atomic E-state index is 0.181. The molecular weight excluding hydrogens is 238 g/mol. The van der Waals surface area contributed by atoms with Crippen LogP contribution in [0.5, 0.6) is 0 Å². The lowest BCUT2D eigenvalue weighted by atomic mass is 10.1. The van der Waals surface area contributed by atoms with Crippen molar-refractivity contribution in [3.05, 3.63) is 35.4 Å². The summed E-state index contributed by atoms with van der Waals surface area (Å²) in [6.45, 7) is 7.01. The van der Waals surface area contributed by atoms with E-state index in [9.17, 15) is 4.79 Å². The lowest BCUT2D eigenvalue weighted by Gasteiger charge is -2.18. The van der Waals surface area contributed by atoms with Gasteiger partial charge in [0.15, 0.2) is 5.78 Å². The Morgan fingerprint density at radius 2 is 1.89 bits per heavy atom. The van der Waals surface area contributed by atoms with Crippen molar-refractivity contribution >= 4 is 5.78 Å². The van der Waals surface area contributed by atoms with Gasteiger partial charge in [-0.05, 0) is 18.5 Å². The number of methoxy groups -OCH3 is 1. The van der Waals surface area contributed by atoms with Gasteiger partial charge >= 0.3 is 0 Å². The Bertz CT molecular complexity index is 373. The molecule has 1 aromatic rings. The van der Waals surface area contributed by atoms with Crippen LogP contribution in [0.15, 0.2) is 24.3 Å². The number of ether oxygens (including phenoxy) is 1. The van der Waals surface area contributed by atoms with Gasteiger partial charge in [0.05, 0.1) is 13.2 Å². The van der Waals surface area contributed by atoms with Gasteiger partial charge in [-0.2, -0.15) is 0 Å². The molecule has 3 nitrogen and oxygen atoms in total. The van der Waals surface area contributed by atoms with Crippen molar-refractivity contribution in [2.45, 2.75) is 26.7 Å². The third-order valence-electron chi connectivity index (χ3n) is 3.24. The first-order chi connectivity index (χ1) is 9.21. The summed E-state index contributed by atoms with van der Waals surface area (Å²) < 4.78 is 5.05. The Balaban J connectivity index is 2.56. The number of hydrogen-bond donors (Lipinski definition) is 0. The molecule has 1 aromatic carbocycles. The topological polar surface area (TPSA) is 29.5 Å². The van der Waals surface area contributed by atoms with Crippen molar-refractivity contribution in [3.63, 3.8) is 0 Å². The summed E-state index contributed by atoms with van der Waals surface area (Å²) in [6.07, 6.45) is 2.21. The van der Waals surface area contributed by atoms with Crippen molar-refractivity contribution < 1.29 is 9.53 Å². The number of likely N-dealkylation sites (N-methyl/N-ethyl adjacent to an activating group) is 1. The highest BCUT2D eigenvalue weighted by Gasteiger charge is 2.10. The summed E-state index contributed by atoms with van der Waals surface area (Å²) in [7, 11) is 1.68. The Hall–Kier alpha value is -1.19. The second-order valence-corrected chi connectivity index (χ2v) is 4.73. The third kappa shape index (κ3) is 5.53. The minimum Gasteiger partial charge on any atom is -0.383 e. The van der Waals surface area contributed by atoms with E-state index in [1.807, 2.05) is 12.1 Å². The van der Waals surface area contributed by atoms with Crippen LogP contribution in [-0.4, -0.2) is 44.0 Å². The van der Waals surface area contributed by atoms with Crippen molar-refractivity contribution in [1.82, 2.24) is 4.90 Å². The molecule has 0 saturated heterocycles. The summed E-state index contributed by atoms with van der Waals surface area (Å²) in [5.41, 5.74) is 2.10. The summed E-state index contributed by atoms with van der Waals surface area (Å²) in [6, 6.07) is 8.00. The molecule has 0 aliphatic heterocycles. The van der Waals surface area contributed by atoms with Crippen LogP contribution in [0.25, 0.3) is 0 Å². The summed E-state index contributed by atoms with van der Waals surface area (Å²) in [5, 5.41) is 0. The van der Waals surface area contributed by atoms with Gasteiger partial charge in [0, 0.05) is 19.2 Å². The van der Waals surface area contributed by atoms with E-state index in [0.717, 1.165) is 31.5 Å². The lowest BCUT2D eigenvalue weighted by Crippen LogP contribution is -2.32. The quantitative estimate of drug-likeness (QED) is 0.642. The highest BCUT2D eigenvalue weighted by Crippen LogP contribution is 2.08. The zero-order valence-electron chi connectivity index (χ0n) is 12.3. The van der Waals surface area contributed by atoms with Gasteiger partial charge in [0.1, 0.15) is 0 Å². The van der Waals surface area contributed by atoms with Gasteiger partial charge < -0.3 is 4.74 Å². The van der Waals surface area contributed by atoms with E-state index in [0.29, 0.717) is 13.2 Å². The van der Waals surface area contributed by atoms with Crippen LogP contribution in [0.3, 0.4) is 0 Å². The van der Waals surface area contributed by atoms with E-state index in [-0.39, 0.29) is 5.78 Å². The molecule has 0 saturated carbocycles. The van der Waals surface area contributed by atoms with Crippen LogP contribution in [-0.2, 0) is 11.2 Å². The average Bonchev–Trinajstić information content (AvgIpc) is 2.44. The van der Waals surface area contributed by atoms with Crippen molar-refractivity contribution in [2.75, 3.05) is 33.4 Å². The molecule has 3 heteroatoms. The first kappa shape index (κ1) is 15.9. The molecule has 0 spiro atoms. The number of ketones is 1. The first-order valence-electron chi connectivity index (χ1n) is 7.04. The number of hydrogen-bond acceptors (Lipinski definition) is 3. The molecule has 0 unspecified atom stereocenters. The lowest BCUT2D eigenvalue weighted by molar-refractivity contribution is 0.0902. The summed E-state index contributed by atoms with van der Waals surface area (Å²) in [4.78, 5) is 14.3. The molecule has 1 rings (SSSR count). The standard InChI is InChI=1S/C16H25NO2/c1-4-6-14-7-9-15(10-8-14)16(18)13-17(5-2)11-12-19-3/h7-10H,4-6,11-13H2,1-3H3. The zero-order valence-corrected chi connectivity index (χ0v) is 12.3. The molecule has 106 valence electrons. The predicted octanol–water partition coefficient (Wildman–Crippen LogP) is 2.79. The fourth-order valence-electron chi connectivity index (χ4n) is 2.01. The molecule has 0 aliphatic carbocycles. The number of carbonyl (C=O) groups is 1. The number of Topliss-reactive ketones (excluding diaryl/α,β-unsaturated/α-hetero) is 1. The van der Waals surface area contributed by atoms with E-state index in [1.54, 1.807) is 7.11 Å². The van der Waals surface area contributed by atoms with E-state index < -0.39 is 0 Å². The minimum atomic E-state index is 0.181. The van der Waals surface area contributed by atoms with E-state index in [1.165, 1.54) is 5.56 Å². The van der Waals surface area contributed by atoms with Crippen LogP contribution >= 0.6 is 0 Å². The predicted molar refractivity (Wildman–Crippen MR) is 78.8 cm³/mol. The molecule has 0 N–H and O–H groups in total. The highest BCUT2D eigenvalue weighted by molar-refractivity contribution is 5.97. The van der Waals surface area contributed by atoms with Crippen LogP contribution in [0, 0.1) is 0 Å². The normalized spacial score (nSPS) is 10.9. The van der Waals surface area contributed by atoms with Crippen LogP contribution in [0.2, 0.25) is 0 Å². The number of aryl methyl sites for hydroxylation is 1. The Kier molecular flexibility index (Phi) is 7.38. The second kappa shape index (κ2) is 8.83. The fourth-order valence-corrected chi connectivity index (χ4v) is 2.01. The van der Waals surface area contributed by atoms with E-state index in [2.05, 4.69) is 30.9 Å². The Morgan fingerprint density at radius 3 is 2.42 bits per heavy atom. The van der Waals surface area contributed by atoms with Gasteiger partial charge in [-0.3, -0.25) is 9.69 Å². The average molecular weight is 263 g/mol. The smallest absolute Gasteiger partial charge is 0.176 e. The summed E-state index contributed by atoms with van der Waals surface area (Å²) in [5.74, 6) is 0.181. The van der Waals surface area contributed by atoms with Gasteiger partial charge in [0.25, 0.3) is 0 Å². The molecular formula is C16H25NO2. The monoisotopic (exact) mass is 263 g/mol. The molecule has 0 aromatic heterocycles. The number of carbonyl (C=O) groups excluding carboxylic acids is 1.